The van der Waals surface area contributed by atoms with Crippen LogP contribution in [-0.2, 0) is 9.53 Å². The first kappa shape index (κ1) is 17.7. The van der Waals surface area contributed by atoms with E-state index in [4.69, 9.17) is 4.74 Å². The SMILES string of the molecule is CCN(CC1CCOC1)C(=O)/C=C/c1ccc(C(=O)NC2CC2)cc1. The summed E-state index contributed by atoms with van der Waals surface area (Å²) in [6, 6.07) is 7.69. The van der Waals surface area contributed by atoms with Gasteiger partial charge in [0.05, 0.1) is 6.61 Å². The molecule has 5 nitrogen and oxygen atoms in total. The predicted molar refractivity (Wildman–Crippen MR) is 97.1 cm³/mol. The van der Waals surface area contributed by atoms with Crippen LogP contribution < -0.4 is 5.32 Å². The number of rotatable bonds is 7. The Morgan fingerprint density at radius 2 is 2.00 bits per heavy atom. The van der Waals surface area contributed by atoms with Gasteiger partial charge in [-0.3, -0.25) is 9.59 Å². The molecule has 2 aliphatic rings. The van der Waals surface area contributed by atoms with E-state index >= 15 is 0 Å². The highest BCUT2D eigenvalue weighted by Gasteiger charge is 2.23. The molecule has 1 heterocycles. The number of benzene rings is 1. The molecule has 1 unspecified atom stereocenters. The highest BCUT2D eigenvalue weighted by atomic mass is 16.5. The van der Waals surface area contributed by atoms with E-state index in [9.17, 15) is 9.59 Å². The lowest BCUT2D eigenvalue weighted by Gasteiger charge is -2.22. The molecule has 1 saturated carbocycles. The standard InChI is InChI=1S/C20H26N2O3/c1-2-22(13-16-11-12-25-14-16)19(23)10-5-15-3-6-17(7-4-15)20(24)21-18-8-9-18/h3-7,10,16,18H,2,8-9,11-14H2,1H3,(H,21,24)/b10-5+. The highest BCUT2D eigenvalue weighted by molar-refractivity contribution is 5.95. The number of amides is 2. The molecule has 0 radical (unpaired) electrons. The monoisotopic (exact) mass is 342 g/mol. The summed E-state index contributed by atoms with van der Waals surface area (Å²) in [6.45, 7) is 4.99. The van der Waals surface area contributed by atoms with Gasteiger partial charge < -0.3 is 15.0 Å². The summed E-state index contributed by atoms with van der Waals surface area (Å²) in [4.78, 5) is 26.2. The summed E-state index contributed by atoms with van der Waals surface area (Å²) in [7, 11) is 0. The van der Waals surface area contributed by atoms with Gasteiger partial charge in [0.25, 0.3) is 5.91 Å². The topological polar surface area (TPSA) is 58.6 Å². The third-order valence-electron chi connectivity index (χ3n) is 4.70. The Kier molecular flexibility index (Phi) is 5.87. The normalized spacial score (nSPS) is 20.0. The number of nitrogens with one attached hydrogen (secondary N) is 1. The molecule has 0 aromatic heterocycles. The summed E-state index contributed by atoms with van der Waals surface area (Å²) in [6.07, 6.45) is 6.60. The quantitative estimate of drug-likeness (QED) is 0.775. The van der Waals surface area contributed by atoms with Crippen LogP contribution in [-0.4, -0.2) is 49.1 Å². The Morgan fingerprint density at radius 3 is 2.60 bits per heavy atom. The van der Waals surface area contributed by atoms with Gasteiger partial charge in [-0.2, -0.15) is 0 Å². The Morgan fingerprint density at radius 1 is 1.24 bits per heavy atom. The molecule has 1 aromatic rings. The molecule has 2 fully saturated rings. The molecule has 1 aliphatic carbocycles. The minimum absolute atomic E-state index is 0.0185. The van der Waals surface area contributed by atoms with Gasteiger partial charge in [0.2, 0.25) is 5.91 Å². The first-order valence-corrected chi connectivity index (χ1v) is 9.11. The summed E-state index contributed by atoms with van der Waals surface area (Å²) in [5.41, 5.74) is 1.57. The van der Waals surface area contributed by atoms with Crippen LogP contribution in [0.4, 0.5) is 0 Å². The number of hydrogen-bond acceptors (Lipinski definition) is 3. The Bertz CT molecular complexity index is 629. The van der Waals surface area contributed by atoms with Gasteiger partial charge in [-0.25, -0.2) is 0 Å². The smallest absolute Gasteiger partial charge is 0.251 e. The number of nitrogens with zero attached hydrogens (tertiary/aromatic N) is 1. The number of hydrogen-bond donors (Lipinski definition) is 1. The average molecular weight is 342 g/mol. The van der Waals surface area contributed by atoms with Crippen LogP contribution in [0.25, 0.3) is 6.08 Å². The van der Waals surface area contributed by atoms with Crippen LogP contribution in [0, 0.1) is 5.92 Å². The molecule has 0 bridgehead atoms. The molecule has 1 atom stereocenters. The van der Waals surface area contributed by atoms with E-state index in [0.29, 0.717) is 24.1 Å². The predicted octanol–water partition coefficient (Wildman–Crippen LogP) is 2.48. The van der Waals surface area contributed by atoms with E-state index in [-0.39, 0.29) is 11.8 Å². The lowest BCUT2D eigenvalue weighted by Crippen LogP contribution is -2.34. The van der Waals surface area contributed by atoms with Crippen molar-refractivity contribution in [2.45, 2.75) is 32.2 Å². The summed E-state index contributed by atoms with van der Waals surface area (Å²) in [5.74, 6) is 0.441. The summed E-state index contributed by atoms with van der Waals surface area (Å²) in [5, 5.41) is 2.97. The van der Waals surface area contributed by atoms with Gasteiger partial charge in [-0.1, -0.05) is 12.1 Å². The Hall–Kier alpha value is -2.14. The molecule has 1 saturated heterocycles. The Labute approximate surface area is 149 Å². The van der Waals surface area contributed by atoms with Gasteiger partial charge in [-0.15, -0.1) is 0 Å². The van der Waals surface area contributed by atoms with Crippen molar-refractivity contribution in [1.82, 2.24) is 10.2 Å². The number of ether oxygens (including phenoxy) is 1. The minimum atomic E-state index is -0.0231. The fourth-order valence-electron chi connectivity index (χ4n) is 2.93. The van der Waals surface area contributed by atoms with Crippen molar-refractivity contribution in [1.29, 1.82) is 0 Å². The lowest BCUT2D eigenvalue weighted by atomic mass is 10.1. The van der Waals surface area contributed by atoms with Crippen molar-refractivity contribution in [2.24, 2.45) is 5.92 Å². The maximum atomic E-state index is 12.4. The molecule has 0 spiro atoms. The van der Waals surface area contributed by atoms with E-state index in [1.54, 1.807) is 24.3 Å². The molecular weight excluding hydrogens is 316 g/mol. The van der Waals surface area contributed by atoms with Crippen LogP contribution in [0.3, 0.4) is 0 Å². The zero-order chi connectivity index (χ0) is 17.6. The van der Waals surface area contributed by atoms with Crippen LogP contribution >= 0.6 is 0 Å². The summed E-state index contributed by atoms with van der Waals surface area (Å²) < 4.78 is 5.38. The molecule has 1 N–H and O–H groups in total. The van der Waals surface area contributed by atoms with E-state index in [2.05, 4.69) is 5.32 Å². The first-order chi connectivity index (χ1) is 12.2. The second-order valence-corrected chi connectivity index (χ2v) is 6.81. The molecule has 5 heteroatoms. The van der Waals surface area contributed by atoms with Crippen molar-refractivity contribution >= 4 is 17.9 Å². The molecule has 2 amide bonds. The summed E-state index contributed by atoms with van der Waals surface area (Å²) >= 11 is 0. The van der Waals surface area contributed by atoms with E-state index in [1.807, 2.05) is 24.0 Å². The molecule has 1 aliphatic heterocycles. The minimum Gasteiger partial charge on any atom is -0.381 e. The molecule has 3 rings (SSSR count). The van der Waals surface area contributed by atoms with Gasteiger partial charge in [-0.05, 0) is 50.0 Å². The van der Waals surface area contributed by atoms with Crippen LogP contribution in [0.5, 0.6) is 0 Å². The maximum Gasteiger partial charge on any atom is 0.251 e. The van der Waals surface area contributed by atoms with Crippen LogP contribution in [0.2, 0.25) is 0 Å². The molecular formula is C20H26N2O3. The fourth-order valence-corrected chi connectivity index (χ4v) is 2.93. The maximum absolute atomic E-state index is 12.4. The van der Waals surface area contributed by atoms with Crippen molar-refractivity contribution in [2.75, 3.05) is 26.3 Å². The lowest BCUT2D eigenvalue weighted by molar-refractivity contribution is -0.126. The van der Waals surface area contributed by atoms with E-state index in [0.717, 1.165) is 44.6 Å². The number of carbonyl (C=O) groups is 2. The highest BCUT2D eigenvalue weighted by Crippen LogP contribution is 2.19. The molecule has 134 valence electrons. The third kappa shape index (κ3) is 5.16. The number of carbonyl (C=O) groups excluding carboxylic acids is 2. The van der Waals surface area contributed by atoms with Crippen molar-refractivity contribution in [3.63, 3.8) is 0 Å². The van der Waals surface area contributed by atoms with Crippen molar-refractivity contribution in [3.8, 4) is 0 Å². The van der Waals surface area contributed by atoms with Crippen LogP contribution in [0.15, 0.2) is 30.3 Å². The molecule has 1 aromatic carbocycles. The van der Waals surface area contributed by atoms with Crippen molar-refractivity contribution < 1.29 is 14.3 Å². The largest absolute Gasteiger partial charge is 0.381 e. The molecule has 25 heavy (non-hydrogen) atoms. The zero-order valence-corrected chi connectivity index (χ0v) is 14.7. The third-order valence-corrected chi connectivity index (χ3v) is 4.70. The Balaban J connectivity index is 1.54. The van der Waals surface area contributed by atoms with Gasteiger partial charge in [0, 0.05) is 43.3 Å². The van der Waals surface area contributed by atoms with Gasteiger partial charge in [0.15, 0.2) is 0 Å². The zero-order valence-electron chi connectivity index (χ0n) is 14.7. The van der Waals surface area contributed by atoms with Gasteiger partial charge >= 0.3 is 0 Å². The van der Waals surface area contributed by atoms with Crippen LogP contribution in [0.1, 0.15) is 42.1 Å². The second-order valence-electron chi connectivity index (χ2n) is 6.81. The van der Waals surface area contributed by atoms with Crippen molar-refractivity contribution in [3.05, 3.63) is 41.5 Å². The average Bonchev–Trinajstić information content (AvgIpc) is 3.29. The number of likely N-dealkylation sites (N-methyl/N-ethyl adjacent to an activating group) is 1. The fraction of sp³-hybridized carbons (Fsp3) is 0.500. The van der Waals surface area contributed by atoms with Gasteiger partial charge in [0.1, 0.15) is 0 Å². The second kappa shape index (κ2) is 8.30. The van der Waals surface area contributed by atoms with E-state index in [1.165, 1.54) is 0 Å². The van der Waals surface area contributed by atoms with E-state index < -0.39 is 0 Å². The first-order valence-electron chi connectivity index (χ1n) is 9.11.